The molecule has 0 spiro atoms. The molecule has 0 saturated heterocycles. The summed E-state index contributed by atoms with van der Waals surface area (Å²) in [6.45, 7) is 6.62. The maximum Gasteiger partial charge on any atom is 0.235 e. The van der Waals surface area contributed by atoms with Crippen molar-refractivity contribution in [3.63, 3.8) is 0 Å². The van der Waals surface area contributed by atoms with Gasteiger partial charge >= 0.3 is 0 Å². The normalized spacial score (nSPS) is 11.6. The Morgan fingerprint density at radius 2 is 1.84 bits per heavy atom. The zero-order valence-corrected chi connectivity index (χ0v) is 14.7. The molecule has 3 aromatic rings. The maximum absolute atomic E-state index is 12.5. The van der Waals surface area contributed by atoms with E-state index in [0.29, 0.717) is 16.7 Å². The molecule has 0 aliphatic carbocycles. The Hall–Kier alpha value is -2.75. The third-order valence-corrected chi connectivity index (χ3v) is 4.47. The first kappa shape index (κ1) is 17.1. The largest absolute Gasteiger partial charge is 0.508 e. The number of rotatable bonds is 5. The minimum Gasteiger partial charge on any atom is -0.508 e. The van der Waals surface area contributed by atoms with Gasteiger partial charge in [-0.2, -0.15) is 0 Å². The zero-order valence-electron chi connectivity index (χ0n) is 14.7. The first-order valence-corrected chi connectivity index (χ1v) is 8.43. The third kappa shape index (κ3) is 3.53. The van der Waals surface area contributed by atoms with E-state index in [1.165, 1.54) is 30.0 Å². The summed E-state index contributed by atoms with van der Waals surface area (Å²) in [6, 6.07) is 12.2. The SMILES string of the molecule is CCCC(C)(C)c1ccc(Oc2coc3cc(O)ccc3c2=O)cc1. The molecule has 0 unspecified atom stereocenters. The average molecular weight is 338 g/mol. The summed E-state index contributed by atoms with van der Waals surface area (Å²) >= 11 is 0. The van der Waals surface area contributed by atoms with Crippen LogP contribution >= 0.6 is 0 Å². The van der Waals surface area contributed by atoms with E-state index in [1.54, 1.807) is 0 Å². The van der Waals surface area contributed by atoms with Gasteiger partial charge in [0.25, 0.3) is 0 Å². The number of hydrogen-bond acceptors (Lipinski definition) is 4. The first-order valence-electron chi connectivity index (χ1n) is 8.43. The molecule has 25 heavy (non-hydrogen) atoms. The lowest BCUT2D eigenvalue weighted by molar-refractivity contribution is 0.446. The van der Waals surface area contributed by atoms with Gasteiger partial charge in [-0.25, -0.2) is 0 Å². The minimum atomic E-state index is -0.267. The predicted molar refractivity (Wildman–Crippen MR) is 98.6 cm³/mol. The molecule has 4 nitrogen and oxygen atoms in total. The van der Waals surface area contributed by atoms with E-state index >= 15 is 0 Å². The number of benzene rings is 2. The van der Waals surface area contributed by atoms with E-state index in [-0.39, 0.29) is 22.3 Å². The van der Waals surface area contributed by atoms with E-state index in [0.717, 1.165) is 12.8 Å². The molecule has 1 heterocycles. The van der Waals surface area contributed by atoms with Gasteiger partial charge in [0.15, 0.2) is 0 Å². The van der Waals surface area contributed by atoms with Gasteiger partial charge in [0.1, 0.15) is 23.3 Å². The summed E-state index contributed by atoms with van der Waals surface area (Å²) in [5, 5.41) is 9.83. The van der Waals surface area contributed by atoms with Crippen molar-refractivity contribution in [1.82, 2.24) is 0 Å². The fourth-order valence-electron chi connectivity index (χ4n) is 3.04. The second-order valence-electron chi connectivity index (χ2n) is 6.87. The highest BCUT2D eigenvalue weighted by Crippen LogP contribution is 2.30. The van der Waals surface area contributed by atoms with Gasteiger partial charge in [-0.1, -0.05) is 39.3 Å². The number of phenols is 1. The van der Waals surface area contributed by atoms with Crippen molar-refractivity contribution in [3.8, 4) is 17.2 Å². The molecule has 0 radical (unpaired) electrons. The number of aromatic hydroxyl groups is 1. The van der Waals surface area contributed by atoms with Gasteiger partial charge in [0.2, 0.25) is 11.2 Å². The van der Waals surface area contributed by atoms with Gasteiger partial charge in [-0.05, 0) is 41.7 Å². The predicted octanol–water partition coefficient (Wildman–Crippen LogP) is 5.37. The summed E-state index contributed by atoms with van der Waals surface area (Å²) in [5.41, 5.74) is 1.41. The Morgan fingerprint density at radius 3 is 2.52 bits per heavy atom. The molecule has 3 rings (SSSR count). The van der Waals surface area contributed by atoms with Gasteiger partial charge in [0, 0.05) is 6.07 Å². The van der Waals surface area contributed by atoms with E-state index in [2.05, 4.69) is 20.8 Å². The summed E-state index contributed by atoms with van der Waals surface area (Å²) in [6.07, 6.45) is 3.51. The lowest BCUT2D eigenvalue weighted by atomic mass is 9.81. The second kappa shape index (κ2) is 6.63. The molecule has 1 aromatic heterocycles. The van der Waals surface area contributed by atoms with Crippen LogP contribution in [0.15, 0.2) is 57.9 Å². The lowest BCUT2D eigenvalue weighted by Crippen LogP contribution is -2.16. The molecule has 0 amide bonds. The van der Waals surface area contributed by atoms with Crippen LogP contribution in [-0.2, 0) is 5.41 Å². The van der Waals surface area contributed by atoms with Crippen molar-refractivity contribution in [2.24, 2.45) is 0 Å². The number of hydrogen-bond donors (Lipinski definition) is 1. The van der Waals surface area contributed by atoms with Gasteiger partial charge < -0.3 is 14.3 Å². The third-order valence-electron chi connectivity index (χ3n) is 4.47. The highest BCUT2D eigenvalue weighted by molar-refractivity contribution is 5.78. The van der Waals surface area contributed by atoms with E-state index < -0.39 is 0 Å². The molecule has 0 fully saturated rings. The van der Waals surface area contributed by atoms with Gasteiger partial charge in [-0.15, -0.1) is 0 Å². The Labute approximate surface area is 146 Å². The molecular weight excluding hydrogens is 316 g/mol. The van der Waals surface area contributed by atoms with Gasteiger partial charge in [-0.3, -0.25) is 4.79 Å². The fourth-order valence-corrected chi connectivity index (χ4v) is 3.04. The van der Waals surface area contributed by atoms with Crippen LogP contribution in [0.25, 0.3) is 11.0 Å². The van der Waals surface area contributed by atoms with Crippen molar-refractivity contribution >= 4 is 11.0 Å². The van der Waals surface area contributed by atoms with Gasteiger partial charge in [0.05, 0.1) is 5.39 Å². The molecular formula is C21H22O4. The summed E-state index contributed by atoms with van der Waals surface area (Å²) < 4.78 is 11.1. The standard InChI is InChI=1S/C21H22O4/c1-4-11-21(2,3)14-5-8-16(9-6-14)25-19-13-24-18-12-15(22)7-10-17(18)20(19)23/h5-10,12-13,22H,4,11H2,1-3H3. The molecule has 0 saturated carbocycles. The second-order valence-corrected chi connectivity index (χ2v) is 6.87. The van der Waals surface area contributed by atoms with Crippen LogP contribution in [-0.4, -0.2) is 5.11 Å². The summed E-state index contributed by atoms with van der Waals surface area (Å²) in [7, 11) is 0. The van der Waals surface area contributed by atoms with E-state index in [1.807, 2.05) is 24.3 Å². The number of ether oxygens (including phenoxy) is 1. The lowest BCUT2D eigenvalue weighted by Gasteiger charge is -2.24. The van der Waals surface area contributed by atoms with Crippen LogP contribution in [0.5, 0.6) is 17.2 Å². The molecule has 4 heteroatoms. The van der Waals surface area contributed by atoms with Crippen LogP contribution in [0, 0.1) is 0 Å². The molecule has 0 atom stereocenters. The summed E-state index contributed by atoms with van der Waals surface area (Å²) in [4.78, 5) is 12.5. The van der Waals surface area contributed by atoms with Crippen LogP contribution in [0.1, 0.15) is 39.2 Å². The Kier molecular flexibility index (Phi) is 4.53. The smallest absolute Gasteiger partial charge is 0.235 e. The van der Waals surface area contributed by atoms with Crippen molar-refractivity contribution in [2.45, 2.75) is 39.0 Å². The van der Waals surface area contributed by atoms with E-state index in [9.17, 15) is 9.90 Å². The highest BCUT2D eigenvalue weighted by atomic mass is 16.5. The number of phenolic OH excluding ortho intramolecular Hbond substituents is 1. The maximum atomic E-state index is 12.5. The fraction of sp³-hybridized carbons (Fsp3) is 0.286. The monoisotopic (exact) mass is 338 g/mol. The molecule has 0 bridgehead atoms. The molecule has 0 aliphatic heterocycles. The Morgan fingerprint density at radius 1 is 1.12 bits per heavy atom. The molecule has 0 aliphatic rings. The Bertz CT molecular complexity index is 936. The van der Waals surface area contributed by atoms with Crippen LogP contribution in [0.2, 0.25) is 0 Å². The Balaban J connectivity index is 1.88. The van der Waals surface area contributed by atoms with Crippen molar-refractivity contribution in [2.75, 3.05) is 0 Å². The molecule has 130 valence electrons. The number of fused-ring (bicyclic) bond motifs is 1. The summed E-state index contributed by atoms with van der Waals surface area (Å²) in [5.74, 6) is 0.759. The first-order chi connectivity index (χ1) is 11.9. The van der Waals surface area contributed by atoms with Crippen LogP contribution in [0.4, 0.5) is 0 Å². The van der Waals surface area contributed by atoms with Crippen LogP contribution in [0.3, 0.4) is 0 Å². The topological polar surface area (TPSA) is 59.7 Å². The highest BCUT2D eigenvalue weighted by Gasteiger charge is 2.19. The zero-order chi connectivity index (χ0) is 18.0. The van der Waals surface area contributed by atoms with Crippen molar-refractivity contribution in [3.05, 3.63) is 64.5 Å². The quantitative estimate of drug-likeness (QED) is 0.679. The average Bonchev–Trinajstić information content (AvgIpc) is 2.58. The van der Waals surface area contributed by atoms with Crippen LogP contribution < -0.4 is 10.2 Å². The van der Waals surface area contributed by atoms with E-state index in [4.69, 9.17) is 9.15 Å². The molecule has 2 aromatic carbocycles. The van der Waals surface area contributed by atoms with Crippen molar-refractivity contribution in [1.29, 1.82) is 0 Å². The molecule has 1 N–H and O–H groups in total. The van der Waals surface area contributed by atoms with Crippen molar-refractivity contribution < 1.29 is 14.3 Å². The minimum absolute atomic E-state index is 0.0506.